The Bertz CT molecular complexity index is 1090. The van der Waals surface area contributed by atoms with Crippen molar-refractivity contribution in [3.05, 3.63) is 97.9 Å². The van der Waals surface area contributed by atoms with Crippen molar-refractivity contribution in [2.45, 2.75) is 25.4 Å². The minimum atomic E-state index is -0.139. The molecule has 7 heteroatoms. The number of hydrogen-bond donors (Lipinski definition) is 1. The van der Waals surface area contributed by atoms with Crippen molar-refractivity contribution >= 4 is 58.0 Å². The lowest BCUT2D eigenvalue weighted by molar-refractivity contribution is -0.125. The van der Waals surface area contributed by atoms with Crippen LogP contribution in [-0.2, 0) is 11.3 Å². The molecule has 2 atom stereocenters. The number of piperidine rings is 1. The first kappa shape index (κ1) is 23.3. The number of anilines is 1. The third-order valence-electron chi connectivity index (χ3n) is 5.81. The predicted octanol–water partition coefficient (Wildman–Crippen LogP) is 7.57. The lowest BCUT2D eigenvalue weighted by Gasteiger charge is -2.41. The minimum absolute atomic E-state index is 0.0413. The highest BCUT2D eigenvalue weighted by molar-refractivity contribution is 6.35. The summed E-state index contributed by atoms with van der Waals surface area (Å²) >= 11 is 24.7. The van der Waals surface area contributed by atoms with Gasteiger partial charge in [0.2, 0.25) is 5.91 Å². The van der Waals surface area contributed by atoms with Gasteiger partial charge >= 0.3 is 0 Å². The van der Waals surface area contributed by atoms with Crippen LogP contribution >= 0.6 is 46.4 Å². The van der Waals surface area contributed by atoms with Gasteiger partial charge in [-0.3, -0.25) is 4.79 Å². The lowest BCUT2D eigenvalue weighted by Crippen LogP contribution is -2.44. The van der Waals surface area contributed by atoms with Crippen molar-refractivity contribution < 1.29 is 4.79 Å². The largest absolute Gasteiger partial charge is 0.364 e. The molecule has 0 aromatic heterocycles. The summed E-state index contributed by atoms with van der Waals surface area (Å²) in [6, 6.07) is 20.8. The summed E-state index contributed by atoms with van der Waals surface area (Å²) in [4.78, 5) is 15.2. The Kier molecular flexibility index (Phi) is 7.52. The number of carbonyl (C=O) groups is 1. The number of rotatable bonds is 5. The van der Waals surface area contributed by atoms with Crippen molar-refractivity contribution in [3.63, 3.8) is 0 Å². The number of hydrogen-bond acceptors (Lipinski definition) is 2. The predicted molar refractivity (Wildman–Crippen MR) is 134 cm³/mol. The average molecular weight is 508 g/mol. The molecule has 0 saturated carbocycles. The lowest BCUT2D eigenvalue weighted by atomic mass is 9.87. The summed E-state index contributed by atoms with van der Waals surface area (Å²) in [5.74, 6) is -0.0973. The molecule has 0 spiro atoms. The number of benzene rings is 3. The van der Waals surface area contributed by atoms with E-state index in [0.717, 1.165) is 29.7 Å². The highest BCUT2D eigenvalue weighted by Gasteiger charge is 2.34. The van der Waals surface area contributed by atoms with Crippen LogP contribution in [0.2, 0.25) is 20.1 Å². The van der Waals surface area contributed by atoms with Crippen molar-refractivity contribution in [1.29, 1.82) is 0 Å². The molecule has 1 fully saturated rings. The van der Waals surface area contributed by atoms with Gasteiger partial charge in [-0.15, -0.1) is 0 Å². The van der Waals surface area contributed by atoms with E-state index in [2.05, 4.69) is 10.2 Å². The van der Waals surface area contributed by atoms with E-state index in [1.54, 1.807) is 6.07 Å². The van der Waals surface area contributed by atoms with Crippen LogP contribution in [0.4, 0.5) is 5.69 Å². The molecule has 166 valence electrons. The van der Waals surface area contributed by atoms with Crippen molar-refractivity contribution in [2.24, 2.45) is 5.92 Å². The Morgan fingerprint density at radius 1 is 0.844 bits per heavy atom. The van der Waals surface area contributed by atoms with Gasteiger partial charge in [-0.2, -0.15) is 0 Å². The SMILES string of the molecule is O=C(NCc1ccc(Cl)cc1)[C@@H]1CC[C@@H](c2ccc(Cl)cc2Cl)N(c2ccc(Cl)cc2)C1. The second-order valence-electron chi connectivity index (χ2n) is 7.93. The van der Waals surface area contributed by atoms with Crippen LogP contribution in [0, 0.1) is 5.92 Å². The van der Waals surface area contributed by atoms with Crippen LogP contribution in [0.15, 0.2) is 66.7 Å². The Hall–Kier alpha value is -1.91. The molecule has 0 bridgehead atoms. The zero-order valence-corrected chi connectivity index (χ0v) is 20.2. The fourth-order valence-electron chi connectivity index (χ4n) is 4.13. The van der Waals surface area contributed by atoms with Gasteiger partial charge in [0.1, 0.15) is 0 Å². The zero-order valence-electron chi connectivity index (χ0n) is 17.2. The maximum Gasteiger partial charge on any atom is 0.225 e. The van der Waals surface area contributed by atoms with Crippen molar-refractivity contribution in [3.8, 4) is 0 Å². The topological polar surface area (TPSA) is 32.3 Å². The van der Waals surface area contributed by atoms with E-state index in [1.165, 1.54) is 0 Å². The smallest absolute Gasteiger partial charge is 0.225 e. The third kappa shape index (κ3) is 5.52. The Labute approximate surface area is 208 Å². The standard InChI is InChI=1S/C25H22Cl4N2O/c26-18-4-1-16(2-5-18)14-30-25(32)17-3-12-24(22-11-8-20(28)13-23(22)29)31(15-17)21-9-6-19(27)7-10-21/h1-2,4-11,13,17,24H,3,12,14-15H2,(H,30,32)/t17-,24+/m1/s1. The molecule has 0 unspecified atom stereocenters. The van der Waals surface area contributed by atoms with Crippen LogP contribution in [0.5, 0.6) is 0 Å². The summed E-state index contributed by atoms with van der Waals surface area (Å²) < 4.78 is 0. The monoisotopic (exact) mass is 506 g/mol. The summed E-state index contributed by atoms with van der Waals surface area (Å²) in [7, 11) is 0. The van der Waals surface area contributed by atoms with Crippen molar-refractivity contribution in [1.82, 2.24) is 5.32 Å². The first-order valence-corrected chi connectivity index (χ1v) is 11.9. The molecule has 1 aliphatic heterocycles. The van der Waals surface area contributed by atoms with Crippen molar-refractivity contribution in [2.75, 3.05) is 11.4 Å². The van der Waals surface area contributed by atoms with E-state index in [-0.39, 0.29) is 17.9 Å². The summed E-state index contributed by atoms with van der Waals surface area (Å²) in [6.07, 6.45) is 1.56. The normalized spacial score (nSPS) is 18.4. The molecule has 1 saturated heterocycles. The third-order valence-corrected chi connectivity index (χ3v) is 6.88. The van der Waals surface area contributed by atoms with Crippen LogP contribution in [0.3, 0.4) is 0 Å². The van der Waals surface area contributed by atoms with Gasteiger partial charge < -0.3 is 10.2 Å². The van der Waals surface area contributed by atoms with Gasteiger partial charge in [0.05, 0.1) is 12.0 Å². The molecule has 1 N–H and O–H groups in total. The van der Waals surface area contributed by atoms with E-state index in [4.69, 9.17) is 46.4 Å². The maximum atomic E-state index is 13.0. The molecule has 1 heterocycles. The van der Waals surface area contributed by atoms with Gasteiger partial charge in [-0.1, -0.05) is 64.6 Å². The maximum absolute atomic E-state index is 13.0. The molecule has 32 heavy (non-hydrogen) atoms. The minimum Gasteiger partial charge on any atom is -0.364 e. The summed E-state index contributed by atoms with van der Waals surface area (Å²) in [5, 5.41) is 5.65. The molecule has 4 rings (SSSR count). The number of nitrogens with one attached hydrogen (secondary N) is 1. The Balaban J connectivity index is 1.53. The summed E-state index contributed by atoms with van der Waals surface area (Å²) in [5.41, 5.74) is 3.02. The second-order valence-corrected chi connectivity index (χ2v) is 9.65. The molecule has 0 radical (unpaired) electrons. The molecule has 1 aliphatic rings. The zero-order chi connectivity index (χ0) is 22.7. The molecule has 3 aromatic carbocycles. The first-order chi connectivity index (χ1) is 15.4. The van der Waals surface area contributed by atoms with Gasteiger partial charge in [-0.05, 0) is 72.5 Å². The summed E-state index contributed by atoms with van der Waals surface area (Å²) in [6.45, 7) is 1.05. The van der Waals surface area contributed by atoms with E-state index in [1.807, 2.05) is 60.7 Å². The quantitative estimate of drug-likeness (QED) is 0.386. The molecular weight excluding hydrogens is 486 g/mol. The number of amides is 1. The highest BCUT2D eigenvalue weighted by atomic mass is 35.5. The molecule has 3 nitrogen and oxygen atoms in total. The van der Waals surface area contributed by atoms with Crippen LogP contribution in [0.1, 0.15) is 30.0 Å². The fraction of sp³-hybridized carbons (Fsp3) is 0.240. The van der Waals surface area contributed by atoms with Gasteiger partial charge in [0.25, 0.3) is 0 Å². The van der Waals surface area contributed by atoms with Crippen LogP contribution < -0.4 is 10.2 Å². The van der Waals surface area contributed by atoms with Gasteiger partial charge in [0.15, 0.2) is 0 Å². The molecule has 0 aliphatic carbocycles. The Morgan fingerprint density at radius 3 is 2.12 bits per heavy atom. The number of nitrogens with zero attached hydrogens (tertiary/aromatic N) is 1. The van der Waals surface area contributed by atoms with Crippen LogP contribution in [-0.4, -0.2) is 12.5 Å². The van der Waals surface area contributed by atoms with Gasteiger partial charge in [0, 0.05) is 38.9 Å². The highest BCUT2D eigenvalue weighted by Crippen LogP contribution is 2.40. The first-order valence-electron chi connectivity index (χ1n) is 10.4. The fourth-order valence-corrected chi connectivity index (χ4v) is 4.92. The van der Waals surface area contributed by atoms with E-state index >= 15 is 0 Å². The molecular formula is C25H22Cl4N2O. The van der Waals surface area contributed by atoms with Crippen LogP contribution in [0.25, 0.3) is 0 Å². The number of halogens is 4. The average Bonchev–Trinajstić information content (AvgIpc) is 2.79. The number of carbonyl (C=O) groups excluding carboxylic acids is 1. The van der Waals surface area contributed by atoms with E-state index < -0.39 is 0 Å². The Morgan fingerprint density at radius 2 is 1.47 bits per heavy atom. The molecule has 3 aromatic rings. The molecule has 1 amide bonds. The van der Waals surface area contributed by atoms with Gasteiger partial charge in [-0.25, -0.2) is 0 Å². The van der Waals surface area contributed by atoms with E-state index in [9.17, 15) is 4.79 Å². The second kappa shape index (κ2) is 10.4. The van der Waals surface area contributed by atoms with E-state index in [0.29, 0.717) is 33.2 Å².